The van der Waals surface area contributed by atoms with Crippen molar-refractivity contribution in [2.75, 3.05) is 5.73 Å². The molecule has 0 heterocycles. The maximum absolute atomic E-state index is 12.2. The van der Waals surface area contributed by atoms with Crippen LogP contribution in [0, 0.1) is 0 Å². The number of hydrogen-bond donors (Lipinski definition) is 1. The Morgan fingerprint density at radius 1 is 1.06 bits per heavy atom. The van der Waals surface area contributed by atoms with Gasteiger partial charge in [0.2, 0.25) is 0 Å². The molecule has 0 radical (unpaired) electrons. The Hall–Kier alpha value is -2.09. The van der Waals surface area contributed by atoms with Gasteiger partial charge in [-0.05, 0) is 24.1 Å². The number of rotatable bonds is 4. The summed E-state index contributed by atoms with van der Waals surface area (Å²) in [6.07, 6.45) is 2.16. The number of ketones is 1. The van der Waals surface area contributed by atoms with Gasteiger partial charge in [-0.1, -0.05) is 49.7 Å². The molecule has 2 nitrogen and oxygen atoms in total. The lowest BCUT2D eigenvalue weighted by Crippen LogP contribution is -2.02. The molecule has 0 aliphatic carbocycles. The van der Waals surface area contributed by atoms with Gasteiger partial charge in [-0.2, -0.15) is 0 Å². The highest BCUT2D eigenvalue weighted by atomic mass is 16.1. The summed E-state index contributed by atoms with van der Waals surface area (Å²) in [5.41, 5.74) is 8.91. The minimum Gasteiger partial charge on any atom is -0.399 e. The number of benzene rings is 2. The van der Waals surface area contributed by atoms with Gasteiger partial charge in [0.15, 0.2) is 5.78 Å². The van der Waals surface area contributed by atoms with Gasteiger partial charge in [0, 0.05) is 16.8 Å². The smallest absolute Gasteiger partial charge is 0.193 e. The lowest BCUT2D eigenvalue weighted by Gasteiger charge is -2.04. The predicted molar refractivity (Wildman–Crippen MR) is 74.7 cm³/mol. The maximum Gasteiger partial charge on any atom is 0.193 e. The Kier molecular flexibility index (Phi) is 3.78. The number of carbonyl (C=O) groups excluding carboxylic acids is 1. The van der Waals surface area contributed by atoms with E-state index in [0.29, 0.717) is 16.8 Å². The van der Waals surface area contributed by atoms with Crippen LogP contribution in [0.1, 0.15) is 34.8 Å². The third kappa shape index (κ3) is 2.77. The Bertz CT molecular complexity index is 543. The van der Waals surface area contributed by atoms with Crippen LogP contribution in [0.5, 0.6) is 0 Å². The van der Waals surface area contributed by atoms with Crippen LogP contribution in [0.2, 0.25) is 0 Å². The number of aryl methyl sites for hydroxylation is 1. The van der Waals surface area contributed by atoms with Crippen molar-refractivity contribution in [2.24, 2.45) is 0 Å². The summed E-state index contributed by atoms with van der Waals surface area (Å²) < 4.78 is 0. The average Bonchev–Trinajstić information content (AvgIpc) is 2.39. The largest absolute Gasteiger partial charge is 0.399 e. The third-order valence-corrected chi connectivity index (χ3v) is 2.90. The molecular formula is C16H17NO. The molecule has 0 bridgehead atoms. The second kappa shape index (κ2) is 5.50. The van der Waals surface area contributed by atoms with Crippen LogP contribution in [-0.4, -0.2) is 5.78 Å². The van der Waals surface area contributed by atoms with E-state index in [4.69, 9.17) is 5.73 Å². The van der Waals surface area contributed by atoms with Gasteiger partial charge in [-0.3, -0.25) is 4.79 Å². The molecule has 0 saturated carbocycles. The van der Waals surface area contributed by atoms with Crippen LogP contribution in [0.4, 0.5) is 5.69 Å². The van der Waals surface area contributed by atoms with Gasteiger partial charge in [0.25, 0.3) is 0 Å². The Labute approximate surface area is 107 Å². The molecule has 0 saturated heterocycles. The fourth-order valence-corrected chi connectivity index (χ4v) is 1.96. The molecule has 0 aromatic heterocycles. The van der Waals surface area contributed by atoms with E-state index < -0.39 is 0 Å². The summed E-state index contributed by atoms with van der Waals surface area (Å²) in [6.45, 7) is 2.14. The standard InChI is InChI=1S/C16H17NO/c1-2-4-12-7-9-13(10-8-12)16(18)14-5-3-6-15(17)11-14/h3,5-11H,2,4,17H2,1H3. The summed E-state index contributed by atoms with van der Waals surface area (Å²) in [7, 11) is 0. The van der Waals surface area contributed by atoms with E-state index in [2.05, 4.69) is 6.92 Å². The second-order valence-corrected chi connectivity index (χ2v) is 4.40. The van der Waals surface area contributed by atoms with Crippen molar-refractivity contribution in [2.45, 2.75) is 19.8 Å². The highest BCUT2D eigenvalue weighted by molar-refractivity contribution is 6.09. The van der Waals surface area contributed by atoms with Crippen LogP contribution in [0.3, 0.4) is 0 Å². The predicted octanol–water partition coefficient (Wildman–Crippen LogP) is 3.45. The molecule has 2 aromatic rings. The van der Waals surface area contributed by atoms with Crippen molar-refractivity contribution >= 4 is 11.5 Å². The molecule has 0 spiro atoms. The van der Waals surface area contributed by atoms with Crippen LogP contribution in [0.15, 0.2) is 48.5 Å². The second-order valence-electron chi connectivity index (χ2n) is 4.40. The highest BCUT2D eigenvalue weighted by Gasteiger charge is 2.08. The Morgan fingerprint density at radius 3 is 2.39 bits per heavy atom. The van der Waals surface area contributed by atoms with E-state index in [1.807, 2.05) is 24.3 Å². The van der Waals surface area contributed by atoms with Crippen LogP contribution >= 0.6 is 0 Å². The van der Waals surface area contributed by atoms with E-state index in [-0.39, 0.29) is 5.78 Å². The Balaban J connectivity index is 2.23. The monoisotopic (exact) mass is 239 g/mol. The van der Waals surface area contributed by atoms with Gasteiger partial charge in [0.05, 0.1) is 0 Å². The van der Waals surface area contributed by atoms with Crippen molar-refractivity contribution in [3.8, 4) is 0 Å². The van der Waals surface area contributed by atoms with E-state index in [9.17, 15) is 4.79 Å². The zero-order valence-electron chi connectivity index (χ0n) is 10.5. The van der Waals surface area contributed by atoms with Crippen molar-refractivity contribution in [3.63, 3.8) is 0 Å². The first-order chi connectivity index (χ1) is 8.70. The number of anilines is 1. The number of nitrogens with two attached hydrogens (primary N) is 1. The van der Waals surface area contributed by atoms with Crippen molar-refractivity contribution in [1.82, 2.24) is 0 Å². The normalized spacial score (nSPS) is 10.3. The Morgan fingerprint density at radius 2 is 1.78 bits per heavy atom. The highest BCUT2D eigenvalue weighted by Crippen LogP contribution is 2.14. The zero-order valence-corrected chi connectivity index (χ0v) is 10.5. The lowest BCUT2D eigenvalue weighted by molar-refractivity contribution is 0.103. The van der Waals surface area contributed by atoms with Gasteiger partial charge >= 0.3 is 0 Å². The van der Waals surface area contributed by atoms with Gasteiger partial charge in [0.1, 0.15) is 0 Å². The molecule has 0 aliphatic heterocycles. The number of hydrogen-bond acceptors (Lipinski definition) is 2. The van der Waals surface area contributed by atoms with Crippen LogP contribution < -0.4 is 5.73 Å². The van der Waals surface area contributed by atoms with Crippen LogP contribution in [-0.2, 0) is 6.42 Å². The minimum absolute atomic E-state index is 0.0188. The molecule has 2 rings (SSSR count). The lowest BCUT2D eigenvalue weighted by atomic mass is 10.0. The molecule has 0 atom stereocenters. The van der Waals surface area contributed by atoms with Gasteiger partial charge in [-0.15, -0.1) is 0 Å². The zero-order chi connectivity index (χ0) is 13.0. The molecule has 2 N–H and O–H groups in total. The fraction of sp³-hybridized carbons (Fsp3) is 0.188. The maximum atomic E-state index is 12.2. The summed E-state index contributed by atoms with van der Waals surface area (Å²) in [4.78, 5) is 12.2. The quantitative estimate of drug-likeness (QED) is 0.656. The first-order valence-electron chi connectivity index (χ1n) is 6.20. The van der Waals surface area contributed by atoms with Gasteiger partial charge in [-0.25, -0.2) is 0 Å². The summed E-state index contributed by atoms with van der Waals surface area (Å²) in [5, 5.41) is 0. The average molecular weight is 239 g/mol. The number of carbonyl (C=O) groups is 1. The van der Waals surface area contributed by atoms with E-state index in [1.165, 1.54) is 5.56 Å². The fourth-order valence-electron chi connectivity index (χ4n) is 1.96. The molecule has 0 unspecified atom stereocenters. The molecule has 2 heteroatoms. The third-order valence-electron chi connectivity index (χ3n) is 2.90. The molecular weight excluding hydrogens is 222 g/mol. The van der Waals surface area contributed by atoms with Gasteiger partial charge < -0.3 is 5.73 Å². The van der Waals surface area contributed by atoms with Crippen molar-refractivity contribution in [1.29, 1.82) is 0 Å². The molecule has 0 fully saturated rings. The molecule has 0 aliphatic rings. The summed E-state index contributed by atoms with van der Waals surface area (Å²) in [6, 6.07) is 14.9. The topological polar surface area (TPSA) is 43.1 Å². The summed E-state index contributed by atoms with van der Waals surface area (Å²) >= 11 is 0. The minimum atomic E-state index is 0.0188. The molecule has 18 heavy (non-hydrogen) atoms. The van der Waals surface area contributed by atoms with E-state index in [0.717, 1.165) is 12.8 Å². The van der Waals surface area contributed by atoms with E-state index >= 15 is 0 Å². The SMILES string of the molecule is CCCc1ccc(C(=O)c2cccc(N)c2)cc1. The van der Waals surface area contributed by atoms with E-state index in [1.54, 1.807) is 24.3 Å². The number of nitrogen functional groups attached to an aromatic ring is 1. The van der Waals surface area contributed by atoms with Crippen molar-refractivity contribution in [3.05, 3.63) is 65.2 Å². The first-order valence-corrected chi connectivity index (χ1v) is 6.20. The van der Waals surface area contributed by atoms with Crippen molar-refractivity contribution < 1.29 is 4.79 Å². The molecule has 0 amide bonds. The van der Waals surface area contributed by atoms with Crippen LogP contribution in [0.25, 0.3) is 0 Å². The molecule has 92 valence electrons. The molecule has 2 aromatic carbocycles. The summed E-state index contributed by atoms with van der Waals surface area (Å²) in [5.74, 6) is 0.0188. The first kappa shape index (κ1) is 12.4.